The van der Waals surface area contributed by atoms with Gasteiger partial charge in [-0.1, -0.05) is 67.6 Å². The number of hydrogen-bond acceptors (Lipinski definition) is 7. The number of ketones is 2. The Morgan fingerprint density at radius 1 is 0.943 bits per heavy atom. The molecule has 0 fully saturated rings. The minimum atomic E-state index is -6.33. The molecule has 0 spiro atoms. The number of thiophene rings is 1. The number of amides is 1. The van der Waals surface area contributed by atoms with Crippen molar-refractivity contribution in [1.82, 2.24) is 0 Å². The number of carbonyl (C=O) groups is 3. The van der Waals surface area contributed by atoms with Gasteiger partial charge in [0.25, 0.3) is 5.24 Å². The Labute approximate surface area is 206 Å². The summed E-state index contributed by atoms with van der Waals surface area (Å²) in [5, 5.41) is -3.12. The normalized spacial score (nSPS) is 22.0. The van der Waals surface area contributed by atoms with E-state index in [9.17, 15) is 14.4 Å². The van der Waals surface area contributed by atoms with Gasteiger partial charge in [0, 0.05) is 13.4 Å². The first-order valence-corrected chi connectivity index (χ1v) is 16.3. The average molecular weight is 532 g/mol. The minimum Gasteiger partial charge on any atom is -0.444 e. The minimum absolute atomic E-state index is 0.0152. The van der Waals surface area contributed by atoms with E-state index in [1.807, 2.05) is 0 Å². The van der Waals surface area contributed by atoms with Crippen molar-refractivity contribution in [2.75, 3.05) is 5.75 Å². The van der Waals surface area contributed by atoms with Crippen LogP contribution in [0, 0.1) is 0 Å². The lowest BCUT2D eigenvalue weighted by atomic mass is 10.1. The molecular formula is C25H25NO6S3. The summed E-state index contributed by atoms with van der Waals surface area (Å²) in [5.74, 6) is -1.86. The number of para-hydroxylation sites is 1. The fraction of sp³-hybridized carbons (Fsp3) is 0.160. The quantitative estimate of drug-likeness (QED) is 0.524. The molecule has 184 valence electrons. The van der Waals surface area contributed by atoms with Crippen molar-refractivity contribution in [2.24, 2.45) is 5.73 Å². The average Bonchev–Trinajstić information content (AvgIpc) is 3.40. The van der Waals surface area contributed by atoms with E-state index >= 15 is 8.42 Å². The highest BCUT2D eigenvalue weighted by molar-refractivity contribution is 9.14. The molecule has 2 N–H and O–H groups in total. The van der Waals surface area contributed by atoms with Crippen LogP contribution in [0.15, 0.2) is 101 Å². The van der Waals surface area contributed by atoms with Gasteiger partial charge in [0.1, 0.15) is 20.5 Å². The van der Waals surface area contributed by atoms with Crippen molar-refractivity contribution in [3.05, 3.63) is 96.5 Å². The SMILES string of the molecule is CCS(Oc1ccccc1)(C(N)=O)(C1C=CC=CC1=O)(C1C=CC=CC1=O)S(=O)(=O)c1cccs1. The van der Waals surface area contributed by atoms with Gasteiger partial charge in [-0.05, 0) is 35.7 Å². The van der Waals surface area contributed by atoms with E-state index in [0.29, 0.717) is 0 Å². The van der Waals surface area contributed by atoms with Gasteiger partial charge in [-0.3, -0.25) is 14.4 Å². The summed E-state index contributed by atoms with van der Waals surface area (Å²) in [6, 6.07) is 10.7. The largest absolute Gasteiger partial charge is 0.444 e. The Morgan fingerprint density at radius 2 is 1.51 bits per heavy atom. The van der Waals surface area contributed by atoms with E-state index in [0.717, 1.165) is 11.3 Å². The summed E-state index contributed by atoms with van der Waals surface area (Å²) < 4.78 is 36.7. The summed E-state index contributed by atoms with van der Waals surface area (Å²) in [5.41, 5.74) is 6.27. The monoisotopic (exact) mass is 531 g/mol. The van der Waals surface area contributed by atoms with Crippen LogP contribution in [0.2, 0.25) is 0 Å². The maximum Gasteiger partial charge on any atom is 0.287 e. The van der Waals surface area contributed by atoms with Gasteiger partial charge in [0.05, 0.1) is 0 Å². The Kier molecular flexibility index (Phi) is 5.82. The number of carbonyl (C=O) groups excluding carboxylic acids is 3. The molecule has 0 saturated carbocycles. The number of allylic oxidation sites excluding steroid dienone is 6. The molecule has 7 nitrogen and oxygen atoms in total. The Morgan fingerprint density at radius 3 is 1.94 bits per heavy atom. The number of nitrogens with two attached hydrogens (primary N) is 1. The van der Waals surface area contributed by atoms with Gasteiger partial charge >= 0.3 is 0 Å². The van der Waals surface area contributed by atoms with Crippen LogP contribution in [0.4, 0.5) is 4.79 Å². The fourth-order valence-electron chi connectivity index (χ4n) is 5.09. The number of primary amides is 1. The highest BCUT2D eigenvalue weighted by Gasteiger charge is 2.86. The third kappa shape index (κ3) is 2.72. The van der Waals surface area contributed by atoms with Gasteiger partial charge in [-0.15, -0.1) is 11.3 Å². The first kappa shape index (κ1) is 24.9. The summed E-state index contributed by atoms with van der Waals surface area (Å²) in [7, 11) is -11.3. The summed E-state index contributed by atoms with van der Waals surface area (Å²) in [4.78, 5) is 41.6. The molecule has 1 amide bonds. The van der Waals surface area contributed by atoms with E-state index in [4.69, 9.17) is 9.92 Å². The van der Waals surface area contributed by atoms with Crippen LogP contribution >= 0.6 is 18.9 Å². The van der Waals surface area contributed by atoms with Gasteiger partial charge in [-0.2, -0.15) is 0 Å². The van der Waals surface area contributed by atoms with E-state index in [2.05, 4.69) is 0 Å². The maximum atomic E-state index is 15.1. The van der Waals surface area contributed by atoms with Crippen molar-refractivity contribution in [3.8, 4) is 5.75 Å². The second-order valence-corrected chi connectivity index (χ2v) is 20.4. The van der Waals surface area contributed by atoms with Gasteiger partial charge in [-0.25, -0.2) is 8.42 Å². The molecule has 0 bridgehead atoms. The summed E-state index contributed by atoms with van der Waals surface area (Å²) in [6.45, 7) is 1.46. The van der Waals surface area contributed by atoms with E-state index in [1.54, 1.807) is 23.6 Å². The van der Waals surface area contributed by atoms with Crippen LogP contribution in [0.5, 0.6) is 5.75 Å². The van der Waals surface area contributed by atoms with Crippen molar-refractivity contribution in [3.63, 3.8) is 0 Å². The molecule has 2 atom stereocenters. The van der Waals surface area contributed by atoms with Crippen LogP contribution in [-0.2, 0) is 18.5 Å². The standard InChI is InChI=1S/C25H25NO6S3/c1-2-35(25(26)29,22-15-8-6-13-20(22)27,23-16-9-7-14-21(23)28,32-19-11-4-3-5-12-19)34(30,31)24-17-10-18-33-24/h3-18,22-23H,2H2,1H3,(H2,26,29). The topological polar surface area (TPSA) is 121 Å². The molecule has 1 aromatic heterocycles. The molecule has 0 radical (unpaired) electrons. The second kappa shape index (κ2) is 8.18. The third-order valence-corrected chi connectivity index (χ3v) is 24.1. The molecule has 2 aliphatic rings. The molecule has 0 aliphatic heterocycles. The zero-order valence-electron chi connectivity index (χ0n) is 18.9. The highest BCUT2D eigenvalue weighted by atomic mass is 33.2. The predicted molar refractivity (Wildman–Crippen MR) is 140 cm³/mol. The fourth-order valence-corrected chi connectivity index (χ4v) is 21.5. The smallest absolute Gasteiger partial charge is 0.287 e. The van der Waals surface area contributed by atoms with E-state index in [-0.39, 0.29) is 9.96 Å². The molecule has 2 aromatic rings. The Hall–Kier alpha value is -3.21. The van der Waals surface area contributed by atoms with Crippen LogP contribution in [-0.4, -0.2) is 41.5 Å². The van der Waals surface area contributed by atoms with Crippen LogP contribution in [0.3, 0.4) is 0 Å². The zero-order valence-corrected chi connectivity index (χ0v) is 21.3. The van der Waals surface area contributed by atoms with Crippen LogP contribution in [0.25, 0.3) is 0 Å². The van der Waals surface area contributed by atoms with Crippen molar-refractivity contribution in [1.29, 1.82) is 0 Å². The lowest BCUT2D eigenvalue weighted by Crippen LogP contribution is -2.71. The van der Waals surface area contributed by atoms with Gasteiger partial charge in [0.2, 0.25) is 8.87 Å². The van der Waals surface area contributed by atoms with Gasteiger partial charge < -0.3 is 9.92 Å². The number of hydrogen-bond donors (Lipinski definition) is 1. The Bertz CT molecular complexity index is 1400. The molecule has 1 heterocycles. The van der Waals surface area contributed by atoms with E-state index < -0.39 is 49.5 Å². The van der Waals surface area contributed by atoms with Crippen LogP contribution < -0.4 is 9.92 Å². The van der Waals surface area contributed by atoms with Gasteiger partial charge in [0.15, 0.2) is 11.6 Å². The molecule has 2 aliphatic carbocycles. The molecule has 2 unspecified atom stereocenters. The predicted octanol–water partition coefficient (Wildman–Crippen LogP) is 4.53. The highest BCUT2D eigenvalue weighted by Crippen LogP contribution is 2.99. The molecule has 10 heteroatoms. The second-order valence-electron chi connectivity index (χ2n) is 8.23. The lowest BCUT2D eigenvalue weighted by Gasteiger charge is -2.77. The third-order valence-electron chi connectivity index (χ3n) is 6.87. The maximum absolute atomic E-state index is 15.1. The summed E-state index contributed by atoms with van der Waals surface area (Å²) >= 11 is 0.875. The summed E-state index contributed by atoms with van der Waals surface area (Å²) in [6.07, 6.45) is 10.9. The molecular weight excluding hydrogens is 506 g/mol. The number of benzene rings is 1. The lowest BCUT2D eigenvalue weighted by molar-refractivity contribution is -0.113. The molecule has 0 saturated heterocycles. The van der Waals surface area contributed by atoms with Crippen LogP contribution in [0.1, 0.15) is 6.92 Å². The van der Waals surface area contributed by atoms with Crippen molar-refractivity contribution in [2.45, 2.75) is 21.6 Å². The first-order valence-electron chi connectivity index (χ1n) is 10.8. The molecule has 1 aromatic carbocycles. The zero-order chi connectivity index (χ0) is 25.4. The Balaban J connectivity index is 2.36. The molecule has 4 rings (SSSR count). The van der Waals surface area contributed by atoms with Crippen molar-refractivity contribution < 1.29 is 27.0 Å². The van der Waals surface area contributed by atoms with Crippen molar-refractivity contribution >= 4 is 44.6 Å². The van der Waals surface area contributed by atoms with E-state index in [1.165, 1.54) is 79.8 Å². The number of rotatable bonds is 7. The first-order chi connectivity index (χ1) is 16.6. The molecule has 35 heavy (non-hydrogen) atoms.